The largest absolute Gasteiger partial charge is 0.466 e. The molecular weight excluding hydrogens is 462 g/mol. The fraction of sp³-hybridized carbons (Fsp3) is 0.136. The van der Waals surface area contributed by atoms with E-state index in [1.165, 1.54) is 47.3 Å². The van der Waals surface area contributed by atoms with Crippen molar-refractivity contribution in [3.05, 3.63) is 100 Å². The Morgan fingerprint density at radius 3 is 2.58 bits per heavy atom. The van der Waals surface area contributed by atoms with Crippen LogP contribution in [-0.2, 0) is 9.53 Å². The number of aromatic nitrogens is 1. The first-order valence-electron chi connectivity index (χ1n) is 9.11. The molecule has 1 aliphatic heterocycles. The second kappa shape index (κ2) is 8.42. The monoisotopic (exact) mass is 476 g/mol. The van der Waals surface area contributed by atoms with Crippen molar-refractivity contribution in [3.8, 4) is 0 Å². The third-order valence-corrected chi connectivity index (χ3v) is 6.41. The van der Waals surface area contributed by atoms with Crippen molar-refractivity contribution < 1.29 is 13.9 Å². The summed E-state index contributed by atoms with van der Waals surface area (Å²) in [7, 11) is 1.26. The maximum absolute atomic E-state index is 13.5. The zero-order valence-corrected chi connectivity index (χ0v) is 18.7. The van der Waals surface area contributed by atoms with Gasteiger partial charge in [0, 0.05) is 10.0 Å². The van der Waals surface area contributed by atoms with Crippen molar-refractivity contribution in [2.24, 2.45) is 4.99 Å². The normalized spacial score (nSPS) is 16.2. The van der Waals surface area contributed by atoms with Crippen molar-refractivity contribution in [1.29, 1.82) is 0 Å². The number of ether oxygens (including phenoxy) is 1. The summed E-state index contributed by atoms with van der Waals surface area (Å²) < 4.78 is 20.3. The van der Waals surface area contributed by atoms with Gasteiger partial charge in [-0.1, -0.05) is 52.7 Å². The molecule has 1 aliphatic rings. The zero-order chi connectivity index (χ0) is 22.3. The van der Waals surface area contributed by atoms with Gasteiger partial charge in [0.05, 0.1) is 29.0 Å². The van der Waals surface area contributed by atoms with Crippen molar-refractivity contribution in [3.63, 3.8) is 0 Å². The van der Waals surface area contributed by atoms with E-state index >= 15 is 0 Å². The Hall–Kier alpha value is -2.74. The minimum Gasteiger partial charge on any atom is -0.466 e. The molecule has 9 heteroatoms. The van der Waals surface area contributed by atoms with Crippen LogP contribution in [0.3, 0.4) is 0 Å². The van der Waals surface area contributed by atoms with Gasteiger partial charge in [0.15, 0.2) is 4.80 Å². The van der Waals surface area contributed by atoms with Crippen molar-refractivity contribution in [2.75, 3.05) is 7.11 Å². The number of hydrogen-bond donors (Lipinski definition) is 0. The minimum absolute atomic E-state index is 0.220. The summed E-state index contributed by atoms with van der Waals surface area (Å²) in [6.07, 6.45) is 1.65. The SMILES string of the molecule is COC(=O)C1=C(C)N=c2s/c(=C\c3ccc(Cl)cc3Cl)c(=O)n2[C@H]1c1ccc(F)cc1. The molecule has 5 nitrogen and oxygen atoms in total. The predicted molar refractivity (Wildman–Crippen MR) is 119 cm³/mol. The van der Waals surface area contributed by atoms with E-state index in [4.69, 9.17) is 27.9 Å². The molecule has 0 fully saturated rings. The van der Waals surface area contributed by atoms with Crippen molar-refractivity contribution >= 4 is 46.6 Å². The molecule has 0 N–H and O–H groups in total. The van der Waals surface area contributed by atoms with Gasteiger partial charge in [-0.3, -0.25) is 9.36 Å². The molecular formula is C22H15Cl2FN2O3S. The molecule has 0 spiro atoms. The number of thiazole rings is 1. The summed E-state index contributed by atoms with van der Waals surface area (Å²) >= 11 is 13.4. The highest BCUT2D eigenvalue weighted by Gasteiger charge is 2.33. The Bertz CT molecular complexity index is 1410. The molecule has 1 aromatic heterocycles. The Labute approximate surface area is 190 Å². The van der Waals surface area contributed by atoms with Crippen LogP contribution in [0.4, 0.5) is 4.39 Å². The number of esters is 1. The number of benzene rings is 2. The van der Waals surface area contributed by atoms with Gasteiger partial charge in [0.2, 0.25) is 0 Å². The lowest BCUT2D eigenvalue weighted by Crippen LogP contribution is -2.39. The molecule has 0 amide bonds. The van der Waals surface area contributed by atoms with Crippen LogP contribution in [0.15, 0.2) is 63.5 Å². The van der Waals surface area contributed by atoms with Crippen molar-refractivity contribution in [2.45, 2.75) is 13.0 Å². The van der Waals surface area contributed by atoms with Gasteiger partial charge in [-0.15, -0.1) is 0 Å². The zero-order valence-electron chi connectivity index (χ0n) is 16.4. The van der Waals surface area contributed by atoms with Gasteiger partial charge in [0.1, 0.15) is 5.82 Å². The van der Waals surface area contributed by atoms with Crippen LogP contribution in [0.2, 0.25) is 10.0 Å². The van der Waals surface area contributed by atoms with Gasteiger partial charge in [-0.2, -0.15) is 0 Å². The topological polar surface area (TPSA) is 60.7 Å². The summed E-state index contributed by atoms with van der Waals surface area (Å²) in [6.45, 7) is 1.68. The fourth-order valence-corrected chi connectivity index (χ4v) is 4.91. The maximum Gasteiger partial charge on any atom is 0.338 e. The summed E-state index contributed by atoms with van der Waals surface area (Å²) in [5, 5.41) is 0.887. The van der Waals surface area contributed by atoms with E-state index in [0.29, 0.717) is 36.2 Å². The molecule has 4 rings (SSSR count). The van der Waals surface area contributed by atoms with Gasteiger partial charge in [-0.25, -0.2) is 14.2 Å². The molecule has 158 valence electrons. The molecule has 31 heavy (non-hydrogen) atoms. The standard InChI is InChI=1S/C22H15Cl2FN2O3S/c1-11-18(21(29)30-2)19(12-4-7-15(25)8-5-12)27-20(28)17(31-22(27)26-11)9-13-3-6-14(23)10-16(13)24/h3-10,19H,1-2H3/b17-9-/t19-/m0/s1. The molecule has 3 aromatic rings. The molecule has 0 bridgehead atoms. The van der Waals surface area contributed by atoms with Crippen LogP contribution in [0.25, 0.3) is 6.08 Å². The molecule has 2 heterocycles. The lowest BCUT2D eigenvalue weighted by atomic mass is 9.96. The number of carbonyl (C=O) groups is 1. The quantitative estimate of drug-likeness (QED) is 0.539. The van der Waals surface area contributed by atoms with Gasteiger partial charge >= 0.3 is 5.97 Å². The third-order valence-electron chi connectivity index (χ3n) is 4.86. The first-order chi connectivity index (χ1) is 14.8. The molecule has 0 saturated carbocycles. The Morgan fingerprint density at radius 2 is 1.94 bits per heavy atom. The van der Waals surface area contributed by atoms with Crippen LogP contribution < -0.4 is 14.9 Å². The molecule has 2 aromatic carbocycles. The maximum atomic E-state index is 13.5. The van der Waals surface area contributed by atoms with Crippen molar-refractivity contribution in [1.82, 2.24) is 4.57 Å². The molecule has 1 atom stereocenters. The average Bonchev–Trinajstić information content (AvgIpc) is 3.04. The highest BCUT2D eigenvalue weighted by atomic mass is 35.5. The summed E-state index contributed by atoms with van der Waals surface area (Å²) in [5.41, 5.74) is 1.49. The number of methoxy groups -OCH3 is 1. The Balaban J connectivity index is 1.98. The molecule has 0 aliphatic carbocycles. The number of nitrogens with zero attached hydrogens (tertiary/aromatic N) is 2. The van der Waals surface area contributed by atoms with Gasteiger partial charge in [0.25, 0.3) is 5.56 Å². The minimum atomic E-state index is -0.799. The number of rotatable bonds is 3. The summed E-state index contributed by atoms with van der Waals surface area (Å²) in [4.78, 5) is 30.8. The van der Waals surface area contributed by atoms with E-state index in [1.807, 2.05) is 0 Å². The van der Waals surface area contributed by atoms with E-state index < -0.39 is 17.8 Å². The van der Waals surface area contributed by atoms with Crippen LogP contribution >= 0.6 is 34.5 Å². The van der Waals surface area contributed by atoms with E-state index in [0.717, 1.165) is 0 Å². The lowest BCUT2D eigenvalue weighted by Gasteiger charge is -2.24. The second-order valence-electron chi connectivity index (χ2n) is 6.79. The second-order valence-corrected chi connectivity index (χ2v) is 8.64. The average molecular weight is 477 g/mol. The first-order valence-corrected chi connectivity index (χ1v) is 10.7. The third kappa shape index (κ3) is 3.96. The van der Waals surface area contributed by atoms with E-state index in [1.54, 1.807) is 31.2 Å². The summed E-state index contributed by atoms with van der Waals surface area (Å²) in [5.74, 6) is -1.03. The highest BCUT2D eigenvalue weighted by Crippen LogP contribution is 2.30. The van der Waals surface area contributed by atoms with Gasteiger partial charge in [-0.05, 0) is 48.4 Å². The summed E-state index contributed by atoms with van der Waals surface area (Å²) in [6, 6.07) is 9.82. The Kier molecular flexibility index (Phi) is 5.83. The Morgan fingerprint density at radius 1 is 1.23 bits per heavy atom. The number of carbonyl (C=O) groups excluding carboxylic acids is 1. The predicted octanol–water partition coefficient (Wildman–Crippen LogP) is 3.85. The number of allylic oxidation sites excluding steroid dienone is 1. The fourth-order valence-electron chi connectivity index (χ4n) is 3.41. The van der Waals surface area contributed by atoms with E-state index in [-0.39, 0.29) is 11.1 Å². The van der Waals surface area contributed by atoms with Crippen LogP contribution in [0.5, 0.6) is 0 Å². The number of hydrogen-bond acceptors (Lipinski definition) is 5. The molecule has 0 unspecified atom stereocenters. The highest BCUT2D eigenvalue weighted by molar-refractivity contribution is 7.07. The number of halogens is 3. The molecule has 0 radical (unpaired) electrons. The van der Waals surface area contributed by atoms with E-state index in [9.17, 15) is 14.0 Å². The van der Waals surface area contributed by atoms with Crippen LogP contribution in [-0.4, -0.2) is 17.6 Å². The first kappa shape index (κ1) is 21.5. The number of fused-ring (bicyclic) bond motifs is 1. The lowest BCUT2D eigenvalue weighted by molar-refractivity contribution is -0.136. The molecule has 0 saturated heterocycles. The smallest absolute Gasteiger partial charge is 0.338 e. The van der Waals surface area contributed by atoms with Crippen LogP contribution in [0.1, 0.15) is 24.1 Å². The van der Waals surface area contributed by atoms with Crippen LogP contribution in [0, 0.1) is 5.82 Å². The van der Waals surface area contributed by atoms with E-state index in [2.05, 4.69) is 4.99 Å². The van der Waals surface area contributed by atoms with Gasteiger partial charge < -0.3 is 4.74 Å².